The molecule has 1 aromatic carbocycles. The summed E-state index contributed by atoms with van der Waals surface area (Å²) < 4.78 is 6.46. The standard InChI is InChI=1S/C15H21BrN2O2/c1-15(2,3)20-14(19)18-8-7-12(17)13(18)10-5-4-6-11(16)9-10/h4-6,9,12-13H,7-8,17H2,1-3H3/t12-,13+/m1/s1. The Kier molecular flexibility index (Phi) is 4.39. The van der Waals surface area contributed by atoms with Gasteiger partial charge in [-0.25, -0.2) is 4.79 Å². The summed E-state index contributed by atoms with van der Waals surface area (Å²) >= 11 is 3.46. The van der Waals surface area contributed by atoms with Gasteiger partial charge >= 0.3 is 6.09 Å². The van der Waals surface area contributed by atoms with Crippen molar-refractivity contribution in [1.82, 2.24) is 4.90 Å². The molecule has 0 unspecified atom stereocenters. The van der Waals surface area contributed by atoms with Crippen LogP contribution in [-0.4, -0.2) is 29.2 Å². The fourth-order valence-corrected chi connectivity index (χ4v) is 2.88. The summed E-state index contributed by atoms with van der Waals surface area (Å²) in [6.07, 6.45) is 0.492. The highest BCUT2D eigenvalue weighted by Gasteiger charge is 2.38. The lowest BCUT2D eigenvalue weighted by molar-refractivity contribution is 0.0218. The number of nitrogens with two attached hydrogens (primary N) is 1. The zero-order valence-corrected chi connectivity index (χ0v) is 13.7. The molecule has 4 nitrogen and oxygen atoms in total. The molecular formula is C15H21BrN2O2. The second-order valence-corrected chi connectivity index (χ2v) is 7.04. The van der Waals surface area contributed by atoms with Gasteiger partial charge in [-0.3, -0.25) is 4.90 Å². The lowest BCUT2D eigenvalue weighted by Gasteiger charge is -2.30. The van der Waals surface area contributed by atoms with Gasteiger partial charge in [0.05, 0.1) is 6.04 Å². The largest absolute Gasteiger partial charge is 0.444 e. The Morgan fingerprint density at radius 3 is 2.75 bits per heavy atom. The monoisotopic (exact) mass is 340 g/mol. The van der Waals surface area contributed by atoms with E-state index in [0.717, 1.165) is 16.5 Å². The van der Waals surface area contributed by atoms with Crippen LogP contribution in [0.2, 0.25) is 0 Å². The number of amides is 1. The van der Waals surface area contributed by atoms with E-state index >= 15 is 0 Å². The summed E-state index contributed by atoms with van der Waals surface area (Å²) in [6, 6.07) is 7.74. The van der Waals surface area contributed by atoms with E-state index < -0.39 is 5.60 Å². The first kappa shape index (κ1) is 15.3. The molecular weight excluding hydrogens is 320 g/mol. The fourth-order valence-electron chi connectivity index (χ4n) is 2.46. The summed E-state index contributed by atoms with van der Waals surface area (Å²) in [4.78, 5) is 14.0. The van der Waals surface area contributed by atoms with Crippen LogP contribution in [0.4, 0.5) is 4.79 Å². The van der Waals surface area contributed by atoms with Crippen molar-refractivity contribution in [1.29, 1.82) is 0 Å². The average molecular weight is 341 g/mol. The van der Waals surface area contributed by atoms with E-state index in [1.165, 1.54) is 0 Å². The third-order valence-corrected chi connectivity index (χ3v) is 3.76. The van der Waals surface area contributed by atoms with E-state index in [4.69, 9.17) is 10.5 Å². The van der Waals surface area contributed by atoms with Crippen LogP contribution in [0.15, 0.2) is 28.7 Å². The van der Waals surface area contributed by atoms with Crippen molar-refractivity contribution in [2.75, 3.05) is 6.54 Å². The molecule has 0 bridgehead atoms. The van der Waals surface area contributed by atoms with Gasteiger partial charge in [0, 0.05) is 17.1 Å². The number of rotatable bonds is 1. The molecule has 20 heavy (non-hydrogen) atoms. The molecule has 1 aliphatic rings. The van der Waals surface area contributed by atoms with Gasteiger partial charge in [0.1, 0.15) is 5.60 Å². The number of hydrogen-bond donors (Lipinski definition) is 1. The number of carbonyl (C=O) groups excluding carboxylic acids is 1. The van der Waals surface area contributed by atoms with Crippen molar-refractivity contribution >= 4 is 22.0 Å². The third-order valence-electron chi connectivity index (χ3n) is 3.26. The van der Waals surface area contributed by atoms with E-state index in [-0.39, 0.29) is 18.2 Å². The Morgan fingerprint density at radius 2 is 2.15 bits per heavy atom. The first-order chi connectivity index (χ1) is 9.28. The number of hydrogen-bond acceptors (Lipinski definition) is 3. The van der Waals surface area contributed by atoms with E-state index in [2.05, 4.69) is 15.9 Å². The maximum absolute atomic E-state index is 12.3. The molecule has 0 aliphatic carbocycles. The Labute approximate surface area is 128 Å². The van der Waals surface area contributed by atoms with E-state index in [1.54, 1.807) is 4.90 Å². The predicted octanol–water partition coefficient (Wildman–Crippen LogP) is 3.46. The van der Waals surface area contributed by atoms with Gasteiger partial charge in [-0.2, -0.15) is 0 Å². The van der Waals surface area contributed by atoms with E-state index in [9.17, 15) is 4.79 Å². The molecule has 1 fully saturated rings. The molecule has 2 rings (SSSR count). The van der Waals surface area contributed by atoms with Gasteiger partial charge in [0.2, 0.25) is 0 Å². The number of ether oxygens (including phenoxy) is 1. The molecule has 5 heteroatoms. The number of likely N-dealkylation sites (tertiary alicyclic amines) is 1. The molecule has 1 aliphatic heterocycles. The van der Waals surface area contributed by atoms with Gasteiger partial charge in [-0.15, -0.1) is 0 Å². The molecule has 1 amide bonds. The van der Waals surface area contributed by atoms with Gasteiger partial charge in [-0.1, -0.05) is 28.1 Å². The molecule has 0 aromatic heterocycles. The van der Waals surface area contributed by atoms with Crippen LogP contribution >= 0.6 is 15.9 Å². The van der Waals surface area contributed by atoms with Crippen LogP contribution < -0.4 is 5.73 Å². The second kappa shape index (κ2) is 5.74. The van der Waals surface area contributed by atoms with E-state index in [0.29, 0.717) is 6.54 Å². The van der Waals surface area contributed by atoms with Crippen molar-refractivity contribution in [2.45, 2.75) is 44.9 Å². The molecule has 1 heterocycles. The highest BCUT2D eigenvalue weighted by molar-refractivity contribution is 9.10. The van der Waals surface area contributed by atoms with Gasteiger partial charge in [0.15, 0.2) is 0 Å². The minimum atomic E-state index is -0.494. The van der Waals surface area contributed by atoms with Crippen LogP contribution in [0.25, 0.3) is 0 Å². The second-order valence-electron chi connectivity index (χ2n) is 6.13. The Balaban J connectivity index is 2.23. The van der Waals surface area contributed by atoms with Gasteiger partial charge in [-0.05, 0) is 44.9 Å². The lowest BCUT2D eigenvalue weighted by Crippen LogP contribution is -2.39. The summed E-state index contributed by atoms with van der Waals surface area (Å²) in [6.45, 7) is 6.24. The minimum Gasteiger partial charge on any atom is -0.444 e. The van der Waals surface area contributed by atoms with Crippen molar-refractivity contribution in [2.24, 2.45) is 5.73 Å². The molecule has 110 valence electrons. The Bertz CT molecular complexity index is 499. The molecule has 0 radical (unpaired) electrons. The predicted molar refractivity (Wildman–Crippen MR) is 82.4 cm³/mol. The van der Waals surface area contributed by atoms with E-state index in [1.807, 2.05) is 45.0 Å². The Morgan fingerprint density at radius 1 is 1.45 bits per heavy atom. The van der Waals surface area contributed by atoms with Crippen molar-refractivity contribution in [3.05, 3.63) is 34.3 Å². The van der Waals surface area contributed by atoms with Crippen molar-refractivity contribution in [3.63, 3.8) is 0 Å². The molecule has 1 saturated heterocycles. The zero-order valence-electron chi connectivity index (χ0n) is 12.1. The van der Waals surface area contributed by atoms with Crippen molar-refractivity contribution < 1.29 is 9.53 Å². The van der Waals surface area contributed by atoms with Crippen LogP contribution in [-0.2, 0) is 4.74 Å². The van der Waals surface area contributed by atoms with Crippen LogP contribution in [0.3, 0.4) is 0 Å². The molecule has 0 saturated carbocycles. The topological polar surface area (TPSA) is 55.6 Å². The molecule has 1 aromatic rings. The number of benzene rings is 1. The van der Waals surface area contributed by atoms with Crippen LogP contribution in [0, 0.1) is 0 Å². The maximum Gasteiger partial charge on any atom is 0.410 e. The summed E-state index contributed by atoms with van der Waals surface area (Å²) in [5.74, 6) is 0. The highest BCUT2D eigenvalue weighted by atomic mass is 79.9. The zero-order chi connectivity index (χ0) is 14.9. The lowest BCUT2D eigenvalue weighted by atomic mass is 10.0. The Hall–Kier alpha value is -1.07. The van der Waals surface area contributed by atoms with Crippen molar-refractivity contribution in [3.8, 4) is 0 Å². The van der Waals surface area contributed by atoms with Crippen LogP contribution in [0.5, 0.6) is 0 Å². The maximum atomic E-state index is 12.3. The van der Waals surface area contributed by atoms with Crippen LogP contribution in [0.1, 0.15) is 38.8 Å². The number of halogens is 1. The summed E-state index contributed by atoms with van der Waals surface area (Å²) in [5.41, 5.74) is 6.73. The summed E-state index contributed by atoms with van der Waals surface area (Å²) in [5, 5.41) is 0. The van der Waals surface area contributed by atoms with Gasteiger partial charge < -0.3 is 10.5 Å². The number of carbonyl (C=O) groups is 1. The summed E-state index contributed by atoms with van der Waals surface area (Å²) in [7, 11) is 0. The fraction of sp³-hybridized carbons (Fsp3) is 0.533. The first-order valence-corrected chi connectivity index (χ1v) is 7.58. The normalized spacial score (nSPS) is 22.9. The highest BCUT2D eigenvalue weighted by Crippen LogP contribution is 2.33. The first-order valence-electron chi connectivity index (χ1n) is 6.78. The average Bonchev–Trinajstić information content (AvgIpc) is 2.69. The molecule has 0 spiro atoms. The number of nitrogens with zero attached hydrogens (tertiary/aromatic N) is 1. The van der Waals surface area contributed by atoms with Gasteiger partial charge in [0.25, 0.3) is 0 Å². The third kappa shape index (κ3) is 3.52. The molecule has 2 N–H and O–H groups in total. The molecule has 2 atom stereocenters. The quantitative estimate of drug-likeness (QED) is 0.851. The smallest absolute Gasteiger partial charge is 0.410 e. The SMILES string of the molecule is CC(C)(C)OC(=O)N1CC[C@@H](N)[C@@H]1c1cccc(Br)c1. The minimum absolute atomic E-state index is 0.0585.